The third-order valence-corrected chi connectivity index (χ3v) is 4.11. The lowest BCUT2D eigenvalue weighted by Gasteiger charge is -2.14. The molecule has 1 saturated heterocycles. The van der Waals surface area contributed by atoms with Crippen LogP contribution in [0.2, 0.25) is 5.15 Å². The molecule has 1 unspecified atom stereocenters. The average Bonchev–Trinajstić information content (AvgIpc) is 2.85. The summed E-state index contributed by atoms with van der Waals surface area (Å²) in [6, 6.07) is 0. The Morgan fingerprint density at radius 3 is 3.19 bits per heavy atom. The van der Waals surface area contributed by atoms with Gasteiger partial charge in [-0.05, 0) is 6.42 Å². The molecule has 88 valence electrons. The summed E-state index contributed by atoms with van der Waals surface area (Å²) in [6.07, 6.45) is 1.85. The molecule has 0 N–H and O–H groups in total. The number of ether oxygens (including phenoxy) is 1. The van der Waals surface area contributed by atoms with Crippen molar-refractivity contribution in [2.24, 2.45) is 5.92 Å². The van der Waals surface area contributed by atoms with E-state index in [1.54, 1.807) is 7.11 Å². The van der Waals surface area contributed by atoms with Crippen LogP contribution >= 0.6 is 22.9 Å². The van der Waals surface area contributed by atoms with Gasteiger partial charge >= 0.3 is 0 Å². The lowest BCUT2D eigenvalue weighted by atomic mass is 10.1. The van der Waals surface area contributed by atoms with Crippen molar-refractivity contribution >= 4 is 34.4 Å². The molecule has 0 saturated carbocycles. The molecule has 0 bridgehead atoms. The Morgan fingerprint density at radius 1 is 1.75 bits per heavy atom. The van der Waals surface area contributed by atoms with Crippen molar-refractivity contribution in [1.82, 2.24) is 4.98 Å². The normalized spacial score (nSPS) is 20.4. The van der Waals surface area contributed by atoms with E-state index in [1.807, 2.05) is 0 Å². The van der Waals surface area contributed by atoms with Crippen LogP contribution in [-0.4, -0.2) is 38.1 Å². The minimum absolute atomic E-state index is 0.310. The zero-order chi connectivity index (χ0) is 11.5. The minimum atomic E-state index is 0.310. The van der Waals surface area contributed by atoms with Gasteiger partial charge in [-0.25, -0.2) is 4.98 Å². The first kappa shape index (κ1) is 11.8. The highest BCUT2D eigenvalue weighted by Gasteiger charge is 2.25. The number of carbonyl (C=O) groups is 1. The molecule has 4 nitrogen and oxygen atoms in total. The van der Waals surface area contributed by atoms with E-state index in [2.05, 4.69) is 9.88 Å². The molecule has 1 atom stereocenters. The first-order valence-electron chi connectivity index (χ1n) is 5.10. The topological polar surface area (TPSA) is 42.4 Å². The van der Waals surface area contributed by atoms with Gasteiger partial charge in [-0.1, -0.05) is 22.9 Å². The Hall–Kier alpha value is -0.650. The molecule has 0 aromatic carbocycles. The fourth-order valence-electron chi connectivity index (χ4n) is 1.89. The highest BCUT2D eigenvalue weighted by Crippen LogP contribution is 2.31. The molecule has 1 aliphatic rings. The van der Waals surface area contributed by atoms with Gasteiger partial charge in [0.15, 0.2) is 16.6 Å². The van der Waals surface area contributed by atoms with E-state index < -0.39 is 0 Å². The van der Waals surface area contributed by atoms with Crippen molar-refractivity contribution in [2.75, 3.05) is 31.7 Å². The lowest BCUT2D eigenvalue weighted by Crippen LogP contribution is -2.20. The molecule has 2 rings (SSSR count). The van der Waals surface area contributed by atoms with E-state index in [0.717, 1.165) is 37.5 Å². The molecule has 0 aliphatic carbocycles. The maximum atomic E-state index is 10.7. The van der Waals surface area contributed by atoms with Crippen LogP contribution in [0, 0.1) is 5.92 Å². The van der Waals surface area contributed by atoms with E-state index in [1.165, 1.54) is 11.3 Å². The largest absolute Gasteiger partial charge is 0.384 e. The fourth-order valence-corrected chi connectivity index (χ4v) is 2.99. The summed E-state index contributed by atoms with van der Waals surface area (Å²) in [7, 11) is 1.72. The van der Waals surface area contributed by atoms with Gasteiger partial charge in [0.2, 0.25) is 0 Å². The zero-order valence-corrected chi connectivity index (χ0v) is 10.6. The van der Waals surface area contributed by atoms with Crippen LogP contribution in [0.1, 0.15) is 16.1 Å². The maximum Gasteiger partial charge on any atom is 0.187 e. The predicted octanol–water partition coefficient (Wildman–Crippen LogP) is 2.08. The summed E-state index contributed by atoms with van der Waals surface area (Å²) in [5, 5.41) is 1.15. The second-order valence-electron chi connectivity index (χ2n) is 3.83. The van der Waals surface area contributed by atoms with Crippen LogP contribution in [0.15, 0.2) is 0 Å². The molecule has 16 heavy (non-hydrogen) atoms. The number of nitrogens with zero attached hydrogens (tertiary/aromatic N) is 2. The standard InChI is InChI=1S/C10H13ClN2O2S/c1-15-6-7-2-3-13(4-7)10-12-9(11)8(5-14)16-10/h5,7H,2-4,6H2,1H3. The molecular weight excluding hydrogens is 248 g/mol. The quantitative estimate of drug-likeness (QED) is 0.778. The third kappa shape index (κ3) is 2.36. The van der Waals surface area contributed by atoms with E-state index in [4.69, 9.17) is 16.3 Å². The number of methoxy groups -OCH3 is 1. The summed E-state index contributed by atoms with van der Waals surface area (Å²) in [5.41, 5.74) is 0. The van der Waals surface area contributed by atoms with Crippen LogP contribution in [0.4, 0.5) is 5.13 Å². The summed E-state index contributed by atoms with van der Waals surface area (Å²) >= 11 is 7.19. The highest BCUT2D eigenvalue weighted by molar-refractivity contribution is 7.17. The SMILES string of the molecule is COCC1CCN(c2nc(Cl)c(C=O)s2)C1. The molecule has 1 aromatic rings. The smallest absolute Gasteiger partial charge is 0.187 e. The van der Waals surface area contributed by atoms with E-state index >= 15 is 0 Å². The molecule has 1 aliphatic heterocycles. The van der Waals surface area contributed by atoms with Crippen LogP contribution in [0.5, 0.6) is 0 Å². The summed E-state index contributed by atoms with van der Waals surface area (Å²) in [6.45, 7) is 2.66. The van der Waals surface area contributed by atoms with Gasteiger partial charge in [-0.15, -0.1) is 0 Å². The van der Waals surface area contributed by atoms with Gasteiger partial charge < -0.3 is 9.64 Å². The summed E-state index contributed by atoms with van der Waals surface area (Å²) < 4.78 is 5.13. The molecule has 1 fully saturated rings. The molecule has 2 heterocycles. The number of rotatable bonds is 4. The average molecular weight is 261 g/mol. The van der Waals surface area contributed by atoms with Gasteiger partial charge in [0.25, 0.3) is 0 Å². The number of hydrogen-bond acceptors (Lipinski definition) is 5. The summed E-state index contributed by atoms with van der Waals surface area (Å²) in [4.78, 5) is 17.5. The number of carbonyl (C=O) groups excluding carboxylic acids is 1. The number of thiazole rings is 1. The number of anilines is 1. The van der Waals surface area contributed by atoms with Crippen molar-refractivity contribution < 1.29 is 9.53 Å². The molecular formula is C10H13ClN2O2S. The van der Waals surface area contributed by atoms with Crippen LogP contribution in [0.3, 0.4) is 0 Å². The Kier molecular flexibility index (Phi) is 3.78. The van der Waals surface area contributed by atoms with Gasteiger partial charge in [0, 0.05) is 26.1 Å². The van der Waals surface area contributed by atoms with E-state index in [0.29, 0.717) is 15.9 Å². The Bertz CT molecular complexity index is 383. The van der Waals surface area contributed by atoms with Gasteiger partial charge in [-0.3, -0.25) is 4.79 Å². The Balaban J connectivity index is 2.05. The van der Waals surface area contributed by atoms with Gasteiger partial charge in [0.05, 0.1) is 6.61 Å². The highest BCUT2D eigenvalue weighted by atomic mass is 35.5. The molecule has 0 spiro atoms. The fraction of sp³-hybridized carbons (Fsp3) is 0.600. The first-order chi connectivity index (χ1) is 7.74. The maximum absolute atomic E-state index is 10.7. The van der Waals surface area contributed by atoms with Crippen LogP contribution in [0.25, 0.3) is 0 Å². The van der Waals surface area contributed by atoms with Crippen LogP contribution < -0.4 is 4.90 Å². The zero-order valence-electron chi connectivity index (χ0n) is 8.98. The Labute approximate surface area is 103 Å². The van der Waals surface area contributed by atoms with Gasteiger partial charge in [0.1, 0.15) is 4.88 Å². The first-order valence-corrected chi connectivity index (χ1v) is 6.29. The molecule has 1 aromatic heterocycles. The second kappa shape index (κ2) is 5.12. The molecule has 0 amide bonds. The number of halogens is 1. The Morgan fingerprint density at radius 2 is 2.56 bits per heavy atom. The van der Waals surface area contributed by atoms with E-state index in [9.17, 15) is 4.79 Å². The second-order valence-corrected chi connectivity index (χ2v) is 5.19. The monoisotopic (exact) mass is 260 g/mol. The van der Waals surface area contributed by atoms with Crippen molar-refractivity contribution in [1.29, 1.82) is 0 Å². The molecule has 0 radical (unpaired) electrons. The summed E-state index contributed by atoms with van der Waals surface area (Å²) in [5.74, 6) is 0.548. The van der Waals surface area contributed by atoms with Gasteiger partial charge in [-0.2, -0.15) is 0 Å². The molecule has 6 heteroatoms. The number of aldehydes is 1. The van der Waals surface area contributed by atoms with Crippen molar-refractivity contribution in [2.45, 2.75) is 6.42 Å². The lowest BCUT2D eigenvalue weighted by molar-refractivity contribution is 0.112. The third-order valence-electron chi connectivity index (χ3n) is 2.66. The van der Waals surface area contributed by atoms with Crippen molar-refractivity contribution in [3.8, 4) is 0 Å². The van der Waals surface area contributed by atoms with E-state index in [-0.39, 0.29) is 0 Å². The number of aromatic nitrogens is 1. The minimum Gasteiger partial charge on any atom is -0.384 e. The van der Waals surface area contributed by atoms with Crippen molar-refractivity contribution in [3.05, 3.63) is 10.0 Å². The van der Waals surface area contributed by atoms with Crippen molar-refractivity contribution in [3.63, 3.8) is 0 Å². The van der Waals surface area contributed by atoms with Crippen LogP contribution in [-0.2, 0) is 4.74 Å². The number of hydrogen-bond donors (Lipinski definition) is 0. The predicted molar refractivity (Wildman–Crippen MR) is 64.7 cm³/mol.